The van der Waals surface area contributed by atoms with Gasteiger partial charge in [0, 0.05) is 9.79 Å². The lowest BCUT2D eigenvalue weighted by molar-refractivity contribution is 1.28. The summed E-state index contributed by atoms with van der Waals surface area (Å²) in [6.45, 7) is 0. The first-order valence-electron chi connectivity index (χ1n) is 5.44. The third kappa shape index (κ3) is 1.91. The van der Waals surface area contributed by atoms with Crippen LogP contribution in [0.2, 0.25) is 0 Å². The molecule has 2 aromatic rings. The van der Waals surface area contributed by atoms with Crippen LogP contribution < -0.4 is 0 Å². The van der Waals surface area contributed by atoms with Gasteiger partial charge in [0.25, 0.3) is 0 Å². The summed E-state index contributed by atoms with van der Waals surface area (Å²) in [4.78, 5) is 2.61. The lowest BCUT2D eigenvalue weighted by atomic mass is 10.1. The molecule has 1 heteroatoms. The summed E-state index contributed by atoms with van der Waals surface area (Å²) >= 11 is 1.82. The van der Waals surface area contributed by atoms with E-state index in [-0.39, 0.29) is 0 Å². The zero-order chi connectivity index (χ0) is 10.8. The van der Waals surface area contributed by atoms with Crippen molar-refractivity contribution in [2.75, 3.05) is 0 Å². The van der Waals surface area contributed by atoms with E-state index in [0.717, 1.165) is 6.42 Å². The molecule has 78 valence electrons. The molecule has 0 heterocycles. The van der Waals surface area contributed by atoms with E-state index in [1.165, 1.54) is 20.9 Å². The summed E-state index contributed by atoms with van der Waals surface area (Å²) in [6.07, 6.45) is 5.53. The van der Waals surface area contributed by atoms with Crippen molar-refractivity contribution in [2.24, 2.45) is 0 Å². The maximum atomic E-state index is 2.27. The Hall–Kier alpha value is -1.47. The lowest BCUT2D eigenvalue weighted by Crippen LogP contribution is -1.81. The molecule has 1 aliphatic rings. The largest absolute Gasteiger partial charge is 0.0901 e. The molecule has 0 saturated heterocycles. The van der Waals surface area contributed by atoms with Crippen molar-refractivity contribution in [3.63, 3.8) is 0 Å². The number of hydrogen-bond acceptors (Lipinski definition) is 1. The zero-order valence-electron chi connectivity index (χ0n) is 8.89. The summed E-state index contributed by atoms with van der Waals surface area (Å²) in [6, 6.07) is 17.2. The fourth-order valence-electron chi connectivity index (χ4n) is 1.92. The fourth-order valence-corrected chi connectivity index (χ4v) is 2.80. The van der Waals surface area contributed by atoms with Crippen LogP contribution in [-0.4, -0.2) is 0 Å². The summed E-state index contributed by atoms with van der Waals surface area (Å²) in [5, 5.41) is 0. The van der Waals surface area contributed by atoms with Crippen LogP contribution in [-0.2, 0) is 6.42 Å². The van der Waals surface area contributed by atoms with Gasteiger partial charge >= 0.3 is 0 Å². The highest BCUT2D eigenvalue weighted by atomic mass is 32.2. The van der Waals surface area contributed by atoms with Gasteiger partial charge in [-0.15, -0.1) is 0 Å². The van der Waals surface area contributed by atoms with E-state index in [9.17, 15) is 0 Å². The second-order valence-electron chi connectivity index (χ2n) is 3.88. The maximum absolute atomic E-state index is 2.27. The Kier molecular flexibility index (Phi) is 2.55. The highest BCUT2D eigenvalue weighted by molar-refractivity contribution is 7.99. The first-order valence-corrected chi connectivity index (χ1v) is 6.26. The minimum absolute atomic E-state index is 1.09. The fraction of sp³-hybridized carbons (Fsp3) is 0.0667. The SMILES string of the molecule is C1=Cc2cc(Sc3ccccc3)ccc2C1. The predicted molar refractivity (Wildman–Crippen MR) is 69.7 cm³/mol. The molecule has 0 nitrogen and oxygen atoms in total. The van der Waals surface area contributed by atoms with Crippen molar-refractivity contribution in [3.8, 4) is 0 Å². The molecule has 0 aliphatic heterocycles. The maximum Gasteiger partial charge on any atom is 0.0128 e. The van der Waals surface area contributed by atoms with Crippen molar-refractivity contribution in [3.05, 3.63) is 65.7 Å². The smallest absolute Gasteiger partial charge is 0.0128 e. The molecule has 0 bridgehead atoms. The van der Waals surface area contributed by atoms with Gasteiger partial charge in [-0.2, -0.15) is 0 Å². The average Bonchev–Trinajstić information content (AvgIpc) is 2.77. The molecular weight excluding hydrogens is 212 g/mol. The Morgan fingerprint density at radius 2 is 1.75 bits per heavy atom. The van der Waals surface area contributed by atoms with E-state index < -0.39 is 0 Å². The second-order valence-corrected chi connectivity index (χ2v) is 5.03. The monoisotopic (exact) mass is 224 g/mol. The molecule has 0 N–H and O–H groups in total. The first-order chi connectivity index (χ1) is 7.92. The summed E-state index contributed by atoms with van der Waals surface area (Å²) in [7, 11) is 0. The molecule has 0 spiro atoms. The van der Waals surface area contributed by atoms with Crippen molar-refractivity contribution in [1.29, 1.82) is 0 Å². The quantitative estimate of drug-likeness (QED) is 0.728. The number of hydrogen-bond donors (Lipinski definition) is 0. The molecule has 0 amide bonds. The molecule has 16 heavy (non-hydrogen) atoms. The summed E-state index contributed by atoms with van der Waals surface area (Å²) in [5.41, 5.74) is 2.82. The first kappa shape index (κ1) is 9.73. The van der Waals surface area contributed by atoms with Gasteiger partial charge < -0.3 is 0 Å². The molecule has 0 radical (unpaired) electrons. The van der Waals surface area contributed by atoms with Crippen molar-refractivity contribution >= 4 is 17.8 Å². The lowest BCUT2D eigenvalue weighted by Gasteiger charge is -2.04. The standard InChI is InChI=1S/C15H12S/c1-2-7-14(8-3-1)16-15-10-9-12-5-4-6-13(12)11-15/h1-4,6-11H,5H2. The number of allylic oxidation sites excluding steroid dienone is 1. The minimum atomic E-state index is 1.09. The van der Waals surface area contributed by atoms with Crippen LogP contribution in [0.3, 0.4) is 0 Å². The zero-order valence-corrected chi connectivity index (χ0v) is 9.71. The van der Waals surface area contributed by atoms with Gasteiger partial charge in [0.1, 0.15) is 0 Å². The van der Waals surface area contributed by atoms with Crippen LogP contribution in [0.1, 0.15) is 11.1 Å². The number of benzene rings is 2. The van der Waals surface area contributed by atoms with Crippen LogP contribution >= 0.6 is 11.8 Å². The molecule has 0 saturated carbocycles. The van der Waals surface area contributed by atoms with Crippen molar-refractivity contribution in [2.45, 2.75) is 16.2 Å². The Labute approximate surface area is 100 Å². The molecule has 2 aromatic carbocycles. The Morgan fingerprint density at radius 3 is 2.62 bits per heavy atom. The molecule has 0 aromatic heterocycles. The third-order valence-electron chi connectivity index (χ3n) is 2.73. The van der Waals surface area contributed by atoms with E-state index in [0.29, 0.717) is 0 Å². The summed E-state index contributed by atoms with van der Waals surface area (Å²) in [5.74, 6) is 0. The van der Waals surface area contributed by atoms with Gasteiger partial charge in [0.15, 0.2) is 0 Å². The van der Waals surface area contributed by atoms with Gasteiger partial charge in [-0.1, -0.05) is 48.2 Å². The second kappa shape index (κ2) is 4.18. The van der Waals surface area contributed by atoms with E-state index in [2.05, 4.69) is 60.7 Å². The van der Waals surface area contributed by atoms with Crippen LogP contribution in [0, 0.1) is 0 Å². The van der Waals surface area contributed by atoms with Gasteiger partial charge in [-0.25, -0.2) is 0 Å². The Bertz CT molecular complexity index is 526. The molecule has 3 rings (SSSR count). The van der Waals surface area contributed by atoms with Crippen molar-refractivity contribution < 1.29 is 0 Å². The van der Waals surface area contributed by atoms with Crippen LogP contribution in [0.5, 0.6) is 0 Å². The van der Waals surface area contributed by atoms with E-state index in [1.54, 1.807) is 0 Å². The van der Waals surface area contributed by atoms with Crippen LogP contribution in [0.15, 0.2) is 64.4 Å². The Morgan fingerprint density at radius 1 is 0.875 bits per heavy atom. The summed E-state index contributed by atoms with van der Waals surface area (Å²) < 4.78 is 0. The molecular formula is C15H12S. The van der Waals surface area contributed by atoms with E-state index >= 15 is 0 Å². The van der Waals surface area contributed by atoms with Crippen LogP contribution in [0.4, 0.5) is 0 Å². The molecule has 0 atom stereocenters. The van der Waals surface area contributed by atoms with Gasteiger partial charge in [0.05, 0.1) is 0 Å². The number of fused-ring (bicyclic) bond motifs is 1. The minimum Gasteiger partial charge on any atom is -0.0901 e. The molecule has 1 aliphatic carbocycles. The van der Waals surface area contributed by atoms with Gasteiger partial charge in [-0.05, 0) is 41.8 Å². The normalized spacial score (nSPS) is 12.8. The van der Waals surface area contributed by atoms with E-state index in [4.69, 9.17) is 0 Å². The van der Waals surface area contributed by atoms with Gasteiger partial charge in [0.2, 0.25) is 0 Å². The third-order valence-corrected chi connectivity index (χ3v) is 3.73. The van der Waals surface area contributed by atoms with Crippen LogP contribution in [0.25, 0.3) is 6.08 Å². The number of rotatable bonds is 2. The Balaban J connectivity index is 1.88. The molecule has 0 unspecified atom stereocenters. The van der Waals surface area contributed by atoms with E-state index in [1.807, 2.05) is 11.8 Å². The van der Waals surface area contributed by atoms with Crippen molar-refractivity contribution in [1.82, 2.24) is 0 Å². The average molecular weight is 224 g/mol. The van der Waals surface area contributed by atoms with Gasteiger partial charge in [-0.3, -0.25) is 0 Å². The highest BCUT2D eigenvalue weighted by Crippen LogP contribution is 2.30. The predicted octanol–water partition coefficient (Wildman–Crippen LogP) is 4.41. The topological polar surface area (TPSA) is 0 Å². The molecule has 0 fully saturated rings. The highest BCUT2D eigenvalue weighted by Gasteiger charge is 2.05.